The van der Waals surface area contributed by atoms with Gasteiger partial charge in [-0.25, -0.2) is 0 Å². The standard InChI is InChI=1S/C15H32N2O/c1-7-14(5)10-15(11-16,8-9-18-14)17(6)12-13(2,3)4/h7-12,16H2,1-6H3. The number of nitrogens with zero attached hydrogens (tertiary/aromatic N) is 1. The minimum Gasteiger partial charge on any atom is -0.375 e. The van der Waals surface area contributed by atoms with E-state index in [1.54, 1.807) is 0 Å². The second-order valence-corrected chi connectivity index (χ2v) is 7.42. The maximum Gasteiger partial charge on any atom is 0.0670 e. The molecule has 0 aliphatic carbocycles. The Labute approximate surface area is 113 Å². The molecule has 2 unspecified atom stereocenters. The first-order valence-corrected chi connectivity index (χ1v) is 7.22. The average molecular weight is 256 g/mol. The van der Waals surface area contributed by atoms with Gasteiger partial charge in [0.05, 0.1) is 5.60 Å². The molecule has 1 saturated heterocycles. The van der Waals surface area contributed by atoms with E-state index in [4.69, 9.17) is 10.5 Å². The van der Waals surface area contributed by atoms with E-state index in [2.05, 4.69) is 46.6 Å². The first kappa shape index (κ1) is 15.9. The Kier molecular flexibility index (Phi) is 4.85. The average Bonchev–Trinajstić information content (AvgIpc) is 2.26. The van der Waals surface area contributed by atoms with Crippen molar-refractivity contribution in [2.45, 2.75) is 65.0 Å². The van der Waals surface area contributed by atoms with E-state index in [0.717, 1.165) is 39.0 Å². The molecule has 108 valence electrons. The summed E-state index contributed by atoms with van der Waals surface area (Å²) in [6.07, 6.45) is 3.14. The van der Waals surface area contributed by atoms with Crippen molar-refractivity contribution >= 4 is 0 Å². The fourth-order valence-electron chi connectivity index (χ4n) is 3.09. The van der Waals surface area contributed by atoms with Gasteiger partial charge in [-0.3, -0.25) is 4.90 Å². The molecule has 0 radical (unpaired) electrons. The summed E-state index contributed by atoms with van der Waals surface area (Å²) < 4.78 is 5.97. The van der Waals surface area contributed by atoms with E-state index in [1.807, 2.05) is 0 Å². The van der Waals surface area contributed by atoms with Crippen LogP contribution in [-0.2, 0) is 4.74 Å². The van der Waals surface area contributed by atoms with E-state index in [0.29, 0.717) is 5.41 Å². The predicted octanol–water partition coefficient (Wildman–Crippen LogP) is 2.64. The van der Waals surface area contributed by atoms with Crippen LogP contribution >= 0.6 is 0 Å². The van der Waals surface area contributed by atoms with Crippen LogP contribution in [0.25, 0.3) is 0 Å². The molecule has 0 saturated carbocycles. The third-order valence-corrected chi connectivity index (χ3v) is 4.37. The first-order chi connectivity index (χ1) is 8.16. The Morgan fingerprint density at radius 3 is 2.39 bits per heavy atom. The molecule has 0 aromatic carbocycles. The molecule has 0 bridgehead atoms. The minimum atomic E-state index is -0.0102. The van der Waals surface area contributed by atoms with Crippen LogP contribution in [0.4, 0.5) is 0 Å². The molecule has 0 amide bonds. The zero-order valence-electron chi connectivity index (χ0n) is 13.2. The number of hydrogen-bond donors (Lipinski definition) is 1. The lowest BCUT2D eigenvalue weighted by Gasteiger charge is -2.51. The second kappa shape index (κ2) is 5.48. The second-order valence-electron chi connectivity index (χ2n) is 7.42. The van der Waals surface area contributed by atoms with Gasteiger partial charge >= 0.3 is 0 Å². The zero-order valence-corrected chi connectivity index (χ0v) is 13.2. The van der Waals surface area contributed by atoms with Crippen LogP contribution in [0.1, 0.15) is 53.9 Å². The van der Waals surface area contributed by atoms with Gasteiger partial charge in [0.15, 0.2) is 0 Å². The molecule has 1 aliphatic rings. The van der Waals surface area contributed by atoms with Crippen molar-refractivity contribution in [3.63, 3.8) is 0 Å². The topological polar surface area (TPSA) is 38.5 Å². The highest BCUT2D eigenvalue weighted by Crippen LogP contribution is 2.38. The zero-order chi connectivity index (χ0) is 14.0. The quantitative estimate of drug-likeness (QED) is 0.840. The summed E-state index contributed by atoms with van der Waals surface area (Å²) in [7, 11) is 2.22. The summed E-state index contributed by atoms with van der Waals surface area (Å²) >= 11 is 0. The highest BCUT2D eigenvalue weighted by molar-refractivity contribution is 5.00. The van der Waals surface area contributed by atoms with Gasteiger partial charge < -0.3 is 10.5 Å². The predicted molar refractivity (Wildman–Crippen MR) is 77.8 cm³/mol. The normalized spacial score (nSPS) is 34.0. The molecule has 1 fully saturated rings. The number of likely N-dealkylation sites (N-methyl/N-ethyl adjacent to an activating group) is 1. The molecule has 0 spiro atoms. The highest BCUT2D eigenvalue weighted by Gasteiger charge is 2.44. The summed E-state index contributed by atoms with van der Waals surface area (Å²) in [6, 6.07) is 0. The number of nitrogens with two attached hydrogens (primary N) is 1. The summed E-state index contributed by atoms with van der Waals surface area (Å²) in [5, 5.41) is 0. The third kappa shape index (κ3) is 3.69. The molecule has 1 aliphatic heterocycles. The van der Waals surface area contributed by atoms with Crippen LogP contribution in [-0.4, -0.2) is 42.8 Å². The fraction of sp³-hybridized carbons (Fsp3) is 1.00. The Morgan fingerprint density at radius 2 is 1.94 bits per heavy atom. The highest BCUT2D eigenvalue weighted by atomic mass is 16.5. The molecule has 3 nitrogen and oxygen atoms in total. The maximum atomic E-state index is 6.14. The molecule has 1 heterocycles. The Balaban J connectivity index is 2.84. The van der Waals surface area contributed by atoms with Crippen molar-refractivity contribution in [1.29, 1.82) is 0 Å². The van der Waals surface area contributed by atoms with E-state index < -0.39 is 0 Å². The Hall–Kier alpha value is -0.120. The largest absolute Gasteiger partial charge is 0.375 e. The van der Waals surface area contributed by atoms with E-state index in [1.165, 1.54) is 0 Å². The van der Waals surface area contributed by atoms with E-state index in [-0.39, 0.29) is 11.1 Å². The van der Waals surface area contributed by atoms with Gasteiger partial charge in [-0.05, 0) is 38.6 Å². The van der Waals surface area contributed by atoms with Gasteiger partial charge in [-0.1, -0.05) is 27.7 Å². The van der Waals surface area contributed by atoms with Crippen molar-refractivity contribution in [2.75, 3.05) is 26.7 Å². The molecule has 1 rings (SSSR count). The number of hydrogen-bond acceptors (Lipinski definition) is 3. The smallest absolute Gasteiger partial charge is 0.0670 e. The molecule has 0 aromatic rings. The van der Waals surface area contributed by atoms with Crippen LogP contribution in [0.2, 0.25) is 0 Å². The van der Waals surface area contributed by atoms with Crippen LogP contribution in [0, 0.1) is 5.41 Å². The Morgan fingerprint density at radius 1 is 1.33 bits per heavy atom. The van der Waals surface area contributed by atoms with Crippen LogP contribution in [0.15, 0.2) is 0 Å². The molecule has 0 aromatic heterocycles. The number of ether oxygens (including phenoxy) is 1. The molecule has 2 N–H and O–H groups in total. The molecule has 2 atom stereocenters. The lowest BCUT2D eigenvalue weighted by molar-refractivity contribution is -0.128. The SMILES string of the molecule is CCC1(C)CC(CN)(N(C)CC(C)(C)C)CCO1. The minimum absolute atomic E-state index is 0.0102. The van der Waals surface area contributed by atoms with Gasteiger partial charge in [-0.2, -0.15) is 0 Å². The summed E-state index contributed by atoms with van der Waals surface area (Å²) in [5.74, 6) is 0. The van der Waals surface area contributed by atoms with Crippen LogP contribution in [0.5, 0.6) is 0 Å². The van der Waals surface area contributed by atoms with Gasteiger partial charge in [-0.15, -0.1) is 0 Å². The van der Waals surface area contributed by atoms with Crippen molar-refractivity contribution in [3.8, 4) is 0 Å². The van der Waals surface area contributed by atoms with Crippen molar-refractivity contribution in [2.24, 2.45) is 11.1 Å². The molecule has 3 heteroatoms. The van der Waals surface area contributed by atoms with Crippen molar-refractivity contribution in [1.82, 2.24) is 4.90 Å². The van der Waals surface area contributed by atoms with Gasteiger partial charge in [0.25, 0.3) is 0 Å². The van der Waals surface area contributed by atoms with E-state index >= 15 is 0 Å². The fourth-order valence-corrected chi connectivity index (χ4v) is 3.09. The summed E-state index contributed by atoms with van der Waals surface area (Å²) in [6.45, 7) is 13.9. The van der Waals surface area contributed by atoms with Gasteiger partial charge in [0.1, 0.15) is 0 Å². The van der Waals surface area contributed by atoms with E-state index in [9.17, 15) is 0 Å². The lowest BCUT2D eigenvalue weighted by atomic mass is 9.77. The summed E-state index contributed by atoms with van der Waals surface area (Å²) in [4.78, 5) is 2.48. The maximum absolute atomic E-state index is 6.14. The van der Waals surface area contributed by atoms with Crippen LogP contribution < -0.4 is 5.73 Å². The van der Waals surface area contributed by atoms with Gasteiger partial charge in [0, 0.05) is 25.2 Å². The van der Waals surface area contributed by atoms with Crippen molar-refractivity contribution < 1.29 is 4.74 Å². The van der Waals surface area contributed by atoms with Crippen LogP contribution in [0.3, 0.4) is 0 Å². The van der Waals surface area contributed by atoms with Gasteiger partial charge in [0.2, 0.25) is 0 Å². The first-order valence-electron chi connectivity index (χ1n) is 7.22. The monoisotopic (exact) mass is 256 g/mol. The number of rotatable bonds is 4. The molecular formula is C15H32N2O. The third-order valence-electron chi connectivity index (χ3n) is 4.37. The Bertz CT molecular complexity index is 274. The molecule has 18 heavy (non-hydrogen) atoms. The lowest BCUT2D eigenvalue weighted by Crippen LogP contribution is -2.61. The van der Waals surface area contributed by atoms with Crippen molar-refractivity contribution in [3.05, 3.63) is 0 Å². The molecular weight excluding hydrogens is 224 g/mol. The summed E-state index contributed by atoms with van der Waals surface area (Å²) in [5.41, 5.74) is 6.54.